The fourth-order valence-corrected chi connectivity index (χ4v) is 3.67. The third-order valence-corrected chi connectivity index (χ3v) is 4.95. The summed E-state index contributed by atoms with van der Waals surface area (Å²) in [4.78, 5) is 17.2. The van der Waals surface area contributed by atoms with Gasteiger partial charge in [-0.3, -0.25) is 9.78 Å². The molecule has 3 aromatic rings. The number of aryl methyl sites for hydroxylation is 1. The maximum Gasteiger partial charge on any atom is 0.255 e. The Balaban J connectivity index is 1.70. The zero-order chi connectivity index (χ0) is 16.7. The molecule has 1 amide bonds. The van der Waals surface area contributed by atoms with Crippen molar-refractivity contribution in [2.45, 2.75) is 19.3 Å². The van der Waals surface area contributed by atoms with E-state index in [1.165, 1.54) is 0 Å². The Bertz CT molecular complexity index is 969. The molecule has 1 aliphatic rings. The van der Waals surface area contributed by atoms with Crippen LogP contribution < -0.4 is 5.32 Å². The maximum absolute atomic E-state index is 12.5. The summed E-state index contributed by atoms with van der Waals surface area (Å²) in [6.45, 7) is 0. The lowest BCUT2D eigenvalue weighted by molar-refractivity contribution is 0.102. The van der Waals surface area contributed by atoms with Gasteiger partial charge >= 0.3 is 0 Å². The summed E-state index contributed by atoms with van der Waals surface area (Å²) in [5.41, 5.74) is 4.18. The van der Waals surface area contributed by atoms with Crippen molar-refractivity contribution >= 4 is 45.7 Å². The molecule has 1 aliphatic carbocycles. The van der Waals surface area contributed by atoms with Crippen LogP contribution in [0.3, 0.4) is 0 Å². The van der Waals surface area contributed by atoms with Crippen molar-refractivity contribution in [2.24, 2.45) is 0 Å². The van der Waals surface area contributed by atoms with Crippen molar-refractivity contribution in [3.63, 3.8) is 0 Å². The van der Waals surface area contributed by atoms with E-state index in [0.29, 0.717) is 16.3 Å². The number of benzene rings is 2. The molecule has 0 fully saturated rings. The van der Waals surface area contributed by atoms with E-state index in [-0.39, 0.29) is 5.91 Å². The van der Waals surface area contributed by atoms with Gasteiger partial charge in [-0.2, -0.15) is 0 Å². The molecular weight excluding hydrogens is 343 g/mol. The number of hydrogen-bond acceptors (Lipinski definition) is 2. The summed E-state index contributed by atoms with van der Waals surface area (Å²) in [6.07, 6.45) is 3.01. The maximum atomic E-state index is 12.5. The molecule has 0 unspecified atom stereocenters. The molecule has 0 saturated carbocycles. The van der Waals surface area contributed by atoms with Gasteiger partial charge in [0.2, 0.25) is 0 Å². The van der Waals surface area contributed by atoms with Crippen LogP contribution in [0.2, 0.25) is 10.0 Å². The first-order chi connectivity index (χ1) is 11.6. The molecule has 1 aromatic heterocycles. The third-order valence-electron chi connectivity index (χ3n) is 4.29. The first-order valence-electron chi connectivity index (χ1n) is 7.80. The second kappa shape index (κ2) is 6.08. The van der Waals surface area contributed by atoms with Crippen LogP contribution in [0.25, 0.3) is 10.9 Å². The van der Waals surface area contributed by atoms with Crippen LogP contribution in [0.15, 0.2) is 42.5 Å². The lowest BCUT2D eigenvalue weighted by Crippen LogP contribution is -2.11. The van der Waals surface area contributed by atoms with Gasteiger partial charge in [0.25, 0.3) is 5.91 Å². The Hall–Kier alpha value is -2.10. The quantitative estimate of drug-likeness (QED) is 0.678. The second-order valence-electron chi connectivity index (χ2n) is 5.90. The summed E-state index contributed by atoms with van der Waals surface area (Å²) in [5, 5.41) is 5.10. The van der Waals surface area contributed by atoms with Gasteiger partial charge in [0, 0.05) is 27.4 Å². The molecular formula is C19H14Cl2N2O. The molecule has 0 bridgehead atoms. The molecule has 0 atom stereocenters. The minimum Gasteiger partial charge on any atom is -0.322 e. The second-order valence-corrected chi connectivity index (χ2v) is 6.72. The van der Waals surface area contributed by atoms with E-state index >= 15 is 0 Å². The van der Waals surface area contributed by atoms with Crippen LogP contribution in [-0.2, 0) is 12.8 Å². The largest absolute Gasteiger partial charge is 0.322 e. The number of anilines is 1. The highest BCUT2D eigenvalue weighted by molar-refractivity contribution is 6.36. The molecule has 0 radical (unpaired) electrons. The van der Waals surface area contributed by atoms with Gasteiger partial charge in [-0.1, -0.05) is 35.3 Å². The number of carbonyl (C=O) groups excluding carboxylic acids is 1. The molecule has 0 saturated heterocycles. The number of rotatable bonds is 2. The summed E-state index contributed by atoms with van der Waals surface area (Å²) in [6, 6.07) is 12.5. The highest BCUT2D eigenvalue weighted by Crippen LogP contribution is 2.33. The topological polar surface area (TPSA) is 42.0 Å². The molecule has 1 heterocycles. The van der Waals surface area contributed by atoms with Crippen LogP contribution in [0.4, 0.5) is 5.69 Å². The zero-order valence-corrected chi connectivity index (χ0v) is 14.3. The lowest BCUT2D eigenvalue weighted by atomic mass is 10.1. The normalized spacial score (nSPS) is 13.1. The summed E-state index contributed by atoms with van der Waals surface area (Å²) in [5.74, 6) is -0.197. The number of pyridine rings is 1. The number of nitrogens with zero attached hydrogens (tertiary/aromatic N) is 1. The standard InChI is InChI=1S/C19H14Cl2N2O/c20-12-3-1-4-13(10-12)22-19(24)11-7-8-15-17(9-11)23-16-6-2-5-14(16)18(15)21/h1,3-4,7-10H,2,5-6H2,(H,22,24). The number of halogens is 2. The molecule has 0 spiro atoms. The SMILES string of the molecule is O=C(Nc1cccc(Cl)c1)c1ccc2c(Cl)c3c(nc2c1)CCC3. The average Bonchev–Trinajstić information content (AvgIpc) is 3.03. The number of nitrogens with one attached hydrogen (secondary N) is 1. The number of amides is 1. The number of fused-ring (bicyclic) bond motifs is 2. The fraction of sp³-hybridized carbons (Fsp3) is 0.158. The number of hydrogen-bond donors (Lipinski definition) is 1. The monoisotopic (exact) mass is 356 g/mol. The highest BCUT2D eigenvalue weighted by atomic mass is 35.5. The van der Waals surface area contributed by atoms with Gasteiger partial charge in [-0.15, -0.1) is 0 Å². The predicted molar refractivity (Wildman–Crippen MR) is 98.2 cm³/mol. The van der Waals surface area contributed by atoms with Crippen molar-refractivity contribution in [1.82, 2.24) is 4.98 Å². The van der Waals surface area contributed by atoms with Crippen molar-refractivity contribution < 1.29 is 4.79 Å². The van der Waals surface area contributed by atoms with E-state index in [0.717, 1.165) is 46.4 Å². The minimum atomic E-state index is -0.197. The van der Waals surface area contributed by atoms with E-state index in [1.54, 1.807) is 36.4 Å². The first kappa shape index (κ1) is 15.4. The van der Waals surface area contributed by atoms with E-state index < -0.39 is 0 Å². The Morgan fingerprint density at radius 1 is 1.08 bits per heavy atom. The first-order valence-corrected chi connectivity index (χ1v) is 8.55. The van der Waals surface area contributed by atoms with E-state index in [4.69, 9.17) is 28.2 Å². The van der Waals surface area contributed by atoms with Crippen molar-refractivity contribution in [3.05, 3.63) is 69.3 Å². The van der Waals surface area contributed by atoms with Gasteiger partial charge in [0.1, 0.15) is 0 Å². The smallest absolute Gasteiger partial charge is 0.255 e. The van der Waals surface area contributed by atoms with Gasteiger partial charge in [0.05, 0.1) is 10.5 Å². The number of aromatic nitrogens is 1. The van der Waals surface area contributed by atoms with Gasteiger partial charge in [-0.25, -0.2) is 0 Å². The Morgan fingerprint density at radius 2 is 1.96 bits per heavy atom. The molecule has 1 N–H and O–H groups in total. The predicted octanol–water partition coefficient (Wildman–Crippen LogP) is 5.28. The zero-order valence-electron chi connectivity index (χ0n) is 12.8. The Labute approximate surface area is 149 Å². The third kappa shape index (κ3) is 2.74. The molecule has 2 aromatic carbocycles. The van der Waals surface area contributed by atoms with E-state index in [1.807, 2.05) is 6.07 Å². The minimum absolute atomic E-state index is 0.197. The summed E-state index contributed by atoms with van der Waals surface area (Å²) >= 11 is 12.5. The van der Waals surface area contributed by atoms with Crippen LogP contribution in [0, 0.1) is 0 Å². The van der Waals surface area contributed by atoms with Gasteiger partial charge in [0.15, 0.2) is 0 Å². The molecule has 120 valence electrons. The van der Waals surface area contributed by atoms with Crippen LogP contribution in [0.1, 0.15) is 28.0 Å². The molecule has 5 heteroatoms. The summed E-state index contributed by atoms with van der Waals surface area (Å²) in [7, 11) is 0. The molecule has 24 heavy (non-hydrogen) atoms. The molecule has 0 aliphatic heterocycles. The molecule has 4 rings (SSSR count). The lowest BCUT2D eigenvalue weighted by Gasteiger charge is -2.09. The van der Waals surface area contributed by atoms with Crippen molar-refractivity contribution in [3.8, 4) is 0 Å². The molecule has 3 nitrogen and oxygen atoms in total. The van der Waals surface area contributed by atoms with Crippen molar-refractivity contribution in [1.29, 1.82) is 0 Å². The summed E-state index contributed by atoms with van der Waals surface area (Å²) < 4.78 is 0. The fourth-order valence-electron chi connectivity index (χ4n) is 3.12. The van der Waals surface area contributed by atoms with E-state index in [2.05, 4.69) is 5.32 Å². The van der Waals surface area contributed by atoms with Gasteiger partial charge in [-0.05, 0) is 55.2 Å². The van der Waals surface area contributed by atoms with Crippen LogP contribution >= 0.6 is 23.2 Å². The van der Waals surface area contributed by atoms with Crippen LogP contribution in [-0.4, -0.2) is 10.9 Å². The Morgan fingerprint density at radius 3 is 2.79 bits per heavy atom. The highest BCUT2D eigenvalue weighted by Gasteiger charge is 2.19. The van der Waals surface area contributed by atoms with E-state index in [9.17, 15) is 4.79 Å². The Kier molecular flexibility index (Phi) is 3.91. The van der Waals surface area contributed by atoms with Gasteiger partial charge < -0.3 is 5.32 Å². The number of carbonyl (C=O) groups is 1. The average molecular weight is 357 g/mol. The van der Waals surface area contributed by atoms with Crippen LogP contribution in [0.5, 0.6) is 0 Å². The van der Waals surface area contributed by atoms with Crippen molar-refractivity contribution in [2.75, 3.05) is 5.32 Å².